The highest BCUT2D eigenvalue weighted by Crippen LogP contribution is 2.65. The smallest absolute Gasteiger partial charge is 0.182 e. The average molecular weight is 590 g/mol. The molecule has 214 valence electrons. The van der Waals surface area contributed by atoms with Crippen molar-refractivity contribution in [2.75, 3.05) is 0 Å². The van der Waals surface area contributed by atoms with E-state index in [1.54, 1.807) is 12.4 Å². The van der Waals surface area contributed by atoms with Gasteiger partial charge in [-0.1, -0.05) is 97.1 Å². The van der Waals surface area contributed by atoms with Gasteiger partial charge in [0.15, 0.2) is 17.5 Å². The van der Waals surface area contributed by atoms with Crippen LogP contribution in [0.25, 0.3) is 67.8 Å². The molecule has 6 nitrogen and oxygen atoms in total. The van der Waals surface area contributed by atoms with Crippen molar-refractivity contribution < 1.29 is 4.42 Å². The minimum Gasteiger partial charge on any atom is -0.456 e. The summed E-state index contributed by atoms with van der Waals surface area (Å²) in [5, 5.41) is 1.10. The van der Waals surface area contributed by atoms with E-state index in [-0.39, 0.29) is 0 Å². The summed E-state index contributed by atoms with van der Waals surface area (Å²) >= 11 is 0. The zero-order valence-electron chi connectivity index (χ0n) is 24.4. The van der Waals surface area contributed by atoms with Crippen LogP contribution in [0.5, 0.6) is 0 Å². The molecule has 0 fully saturated rings. The highest BCUT2D eigenvalue weighted by molar-refractivity contribution is 6.04. The quantitative estimate of drug-likeness (QED) is 0.205. The molecule has 0 saturated heterocycles. The van der Waals surface area contributed by atoms with E-state index in [1.165, 1.54) is 22.3 Å². The van der Waals surface area contributed by atoms with E-state index >= 15 is 0 Å². The first kappa shape index (κ1) is 25.1. The first-order chi connectivity index (χ1) is 22.8. The van der Waals surface area contributed by atoms with Crippen LogP contribution in [0.15, 0.2) is 144 Å². The van der Waals surface area contributed by atoms with Crippen molar-refractivity contribution in [1.82, 2.24) is 24.9 Å². The second-order valence-corrected chi connectivity index (χ2v) is 11.6. The molecule has 0 N–H and O–H groups in total. The molecule has 0 saturated carbocycles. The van der Waals surface area contributed by atoms with Gasteiger partial charge in [-0.3, -0.25) is 9.97 Å². The molecule has 0 radical (unpaired) electrons. The number of hydrogen-bond donors (Lipinski definition) is 0. The molecule has 4 aromatic carbocycles. The first-order valence-corrected chi connectivity index (χ1v) is 15.3. The summed E-state index contributed by atoms with van der Waals surface area (Å²) in [6.45, 7) is 0. The van der Waals surface area contributed by atoms with Crippen molar-refractivity contribution in [2.24, 2.45) is 0 Å². The number of furan rings is 1. The van der Waals surface area contributed by atoms with Crippen LogP contribution in [-0.2, 0) is 5.41 Å². The number of rotatable bonds is 3. The Balaban J connectivity index is 1.33. The van der Waals surface area contributed by atoms with E-state index < -0.39 is 5.41 Å². The monoisotopic (exact) mass is 589 g/mol. The fraction of sp³-hybridized carbons (Fsp3) is 0.0250. The van der Waals surface area contributed by atoms with Gasteiger partial charge in [-0.15, -0.1) is 0 Å². The summed E-state index contributed by atoms with van der Waals surface area (Å²) in [7, 11) is 0. The lowest BCUT2D eigenvalue weighted by Gasteiger charge is -2.30. The standard InChI is InChI=1S/C40H23N5O/c1-4-16-28-24(12-1)25-13-2-5-17-29(25)40(28)30-18-11-15-27(34(30)36-35(40)26-14-3-6-21-33(26)46-36)37-43-38(31-19-7-9-22-41-31)45-39(44-37)32-20-8-10-23-42-32/h1-23H. The van der Waals surface area contributed by atoms with E-state index in [9.17, 15) is 0 Å². The Morgan fingerprint density at radius 1 is 0.457 bits per heavy atom. The van der Waals surface area contributed by atoms with Gasteiger partial charge in [-0.05, 0) is 58.1 Å². The lowest BCUT2D eigenvalue weighted by Crippen LogP contribution is -2.25. The van der Waals surface area contributed by atoms with Crippen molar-refractivity contribution in [3.05, 3.63) is 162 Å². The van der Waals surface area contributed by atoms with Gasteiger partial charge in [0.25, 0.3) is 0 Å². The summed E-state index contributed by atoms with van der Waals surface area (Å²) in [4.78, 5) is 24.1. The number of fused-ring (bicyclic) bond motifs is 12. The van der Waals surface area contributed by atoms with Gasteiger partial charge < -0.3 is 4.42 Å². The summed E-state index contributed by atoms with van der Waals surface area (Å²) in [5.74, 6) is 2.35. The second-order valence-electron chi connectivity index (χ2n) is 11.6. The predicted molar refractivity (Wildman–Crippen MR) is 178 cm³/mol. The summed E-state index contributed by atoms with van der Waals surface area (Å²) < 4.78 is 6.85. The van der Waals surface area contributed by atoms with Crippen LogP contribution in [0.4, 0.5) is 0 Å². The lowest BCUT2D eigenvalue weighted by molar-refractivity contribution is 0.628. The van der Waals surface area contributed by atoms with E-state index in [0.29, 0.717) is 28.9 Å². The third-order valence-corrected chi connectivity index (χ3v) is 9.28. The van der Waals surface area contributed by atoms with Gasteiger partial charge in [-0.25, -0.2) is 15.0 Å². The van der Waals surface area contributed by atoms with Crippen LogP contribution >= 0.6 is 0 Å². The minimum absolute atomic E-state index is 0.484. The molecular formula is C40H23N5O. The van der Waals surface area contributed by atoms with Crippen LogP contribution in [0.1, 0.15) is 22.3 Å². The maximum atomic E-state index is 6.85. The molecule has 0 amide bonds. The van der Waals surface area contributed by atoms with Crippen LogP contribution in [0.2, 0.25) is 0 Å². The van der Waals surface area contributed by atoms with Crippen molar-refractivity contribution in [3.8, 4) is 56.9 Å². The van der Waals surface area contributed by atoms with E-state index in [1.807, 2.05) is 42.5 Å². The number of hydrogen-bond acceptors (Lipinski definition) is 6. The number of benzene rings is 4. The molecule has 46 heavy (non-hydrogen) atoms. The molecule has 1 spiro atoms. The Morgan fingerprint density at radius 2 is 1.00 bits per heavy atom. The molecular weight excluding hydrogens is 566 g/mol. The van der Waals surface area contributed by atoms with Gasteiger partial charge in [0.05, 0.1) is 5.41 Å². The van der Waals surface area contributed by atoms with Crippen molar-refractivity contribution >= 4 is 11.0 Å². The summed E-state index contributed by atoms with van der Waals surface area (Å²) in [6, 6.07) is 43.8. The molecule has 2 aliphatic rings. The normalized spacial score (nSPS) is 13.4. The van der Waals surface area contributed by atoms with E-state index in [0.717, 1.165) is 39.0 Å². The number of nitrogens with zero attached hydrogens (tertiary/aromatic N) is 5. The highest BCUT2D eigenvalue weighted by atomic mass is 16.3. The average Bonchev–Trinajstić information content (AvgIpc) is 3.76. The zero-order valence-corrected chi connectivity index (χ0v) is 24.4. The highest BCUT2D eigenvalue weighted by Gasteiger charge is 2.55. The Labute approximate surface area is 264 Å². The second kappa shape index (κ2) is 9.36. The molecule has 8 aromatic rings. The number of pyridine rings is 2. The van der Waals surface area contributed by atoms with Crippen LogP contribution in [-0.4, -0.2) is 24.9 Å². The lowest BCUT2D eigenvalue weighted by atomic mass is 9.70. The van der Waals surface area contributed by atoms with Gasteiger partial charge in [-0.2, -0.15) is 0 Å². The van der Waals surface area contributed by atoms with Crippen LogP contribution in [0, 0.1) is 0 Å². The van der Waals surface area contributed by atoms with Gasteiger partial charge >= 0.3 is 0 Å². The molecule has 6 heteroatoms. The molecule has 0 aliphatic heterocycles. The van der Waals surface area contributed by atoms with Crippen LogP contribution < -0.4 is 0 Å². The predicted octanol–water partition coefficient (Wildman–Crippen LogP) is 8.75. The van der Waals surface area contributed by atoms with Crippen molar-refractivity contribution in [1.29, 1.82) is 0 Å². The van der Waals surface area contributed by atoms with E-state index in [4.69, 9.17) is 19.4 Å². The fourth-order valence-corrected chi connectivity index (χ4v) is 7.53. The van der Waals surface area contributed by atoms with E-state index in [2.05, 4.69) is 94.9 Å². The molecule has 2 aliphatic carbocycles. The largest absolute Gasteiger partial charge is 0.456 e. The maximum Gasteiger partial charge on any atom is 0.182 e. The molecule has 4 aromatic heterocycles. The maximum absolute atomic E-state index is 6.85. The van der Waals surface area contributed by atoms with Gasteiger partial charge in [0.2, 0.25) is 0 Å². The molecule has 10 rings (SSSR count). The SMILES string of the molecule is c1ccc(-c2nc(-c3ccccn3)nc(-c3cccc4c3-c3oc5ccccc5c3C43c4ccccc4-c4ccccc43)n2)nc1. The molecule has 0 bridgehead atoms. The summed E-state index contributed by atoms with van der Waals surface area (Å²) in [6.07, 6.45) is 3.50. The molecule has 0 unspecified atom stereocenters. The summed E-state index contributed by atoms with van der Waals surface area (Å²) in [5.41, 5.74) is 10.8. The Kier molecular flexibility index (Phi) is 5.11. The first-order valence-electron chi connectivity index (χ1n) is 15.3. The Bertz CT molecular complexity index is 2380. The zero-order chi connectivity index (χ0) is 30.2. The van der Waals surface area contributed by atoms with Crippen LogP contribution in [0.3, 0.4) is 0 Å². The Hall–Kier alpha value is -6.27. The Morgan fingerprint density at radius 3 is 1.65 bits per heavy atom. The fourth-order valence-electron chi connectivity index (χ4n) is 7.53. The topological polar surface area (TPSA) is 77.6 Å². The van der Waals surface area contributed by atoms with Gasteiger partial charge in [0.1, 0.15) is 22.7 Å². The molecule has 4 heterocycles. The minimum atomic E-state index is -0.568. The third kappa shape index (κ3) is 3.27. The molecule has 0 atom stereocenters. The van der Waals surface area contributed by atoms with Crippen molar-refractivity contribution in [3.63, 3.8) is 0 Å². The third-order valence-electron chi connectivity index (χ3n) is 9.28. The van der Waals surface area contributed by atoms with Crippen molar-refractivity contribution in [2.45, 2.75) is 5.41 Å². The number of para-hydroxylation sites is 1. The van der Waals surface area contributed by atoms with Gasteiger partial charge in [0, 0.05) is 34.5 Å². The number of aromatic nitrogens is 5.